The van der Waals surface area contributed by atoms with Crippen LogP contribution in [0.4, 0.5) is 10.2 Å². The lowest BCUT2D eigenvalue weighted by Crippen LogP contribution is -2.33. The Morgan fingerprint density at radius 1 is 1.55 bits per heavy atom. The molecular formula is C14H17FN4O. The number of carbonyl (C=O) groups is 1. The van der Waals surface area contributed by atoms with Crippen molar-refractivity contribution < 1.29 is 9.18 Å². The standard InChI is InChI=1S/C14H17FN4O/c1-9-7-17-19(13(9)18-14(20)10(2)16)8-11-4-3-5-12(15)6-11/h3-7,10H,8,16H2,1-2H3,(H,18,20)/t10-/m1/s1. The van der Waals surface area contributed by atoms with Crippen molar-refractivity contribution in [3.05, 3.63) is 47.4 Å². The van der Waals surface area contributed by atoms with E-state index in [9.17, 15) is 9.18 Å². The molecule has 3 N–H and O–H groups in total. The highest BCUT2D eigenvalue weighted by molar-refractivity contribution is 5.94. The van der Waals surface area contributed by atoms with Gasteiger partial charge < -0.3 is 11.1 Å². The number of anilines is 1. The minimum Gasteiger partial charge on any atom is -0.320 e. The first-order valence-electron chi connectivity index (χ1n) is 6.30. The van der Waals surface area contributed by atoms with E-state index in [1.54, 1.807) is 29.9 Å². The summed E-state index contributed by atoms with van der Waals surface area (Å²) in [6.45, 7) is 3.82. The quantitative estimate of drug-likeness (QED) is 0.892. The van der Waals surface area contributed by atoms with Gasteiger partial charge in [-0.1, -0.05) is 12.1 Å². The summed E-state index contributed by atoms with van der Waals surface area (Å²) in [5.41, 5.74) is 7.13. The molecule has 0 saturated carbocycles. The van der Waals surface area contributed by atoms with Gasteiger partial charge in [0.1, 0.15) is 11.6 Å². The van der Waals surface area contributed by atoms with Gasteiger partial charge in [0.15, 0.2) is 0 Å². The van der Waals surface area contributed by atoms with Gasteiger partial charge in [0.2, 0.25) is 5.91 Å². The topological polar surface area (TPSA) is 72.9 Å². The number of rotatable bonds is 4. The van der Waals surface area contributed by atoms with Gasteiger partial charge in [0.05, 0.1) is 18.8 Å². The molecule has 2 rings (SSSR count). The summed E-state index contributed by atoms with van der Waals surface area (Å²) in [5.74, 6) is -0.00167. The van der Waals surface area contributed by atoms with Crippen molar-refractivity contribution in [1.29, 1.82) is 0 Å². The predicted molar refractivity (Wildman–Crippen MR) is 74.7 cm³/mol. The maximum absolute atomic E-state index is 13.2. The third-order valence-electron chi connectivity index (χ3n) is 2.90. The van der Waals surface area contributed by atoms with Crippen molar-refractivity contribution in [2.75, 3.05) is 5.32 Å². The number of nitrogens with zero attached hydrogens (tertiary/aromatic N) is 2. The number of aromatic nitrogens is 2. The van der Waals surface area contributed by atoms with E-state index in [2.05, 4.69) is 10.4 Å². The first-order chi connectivity index (χ1) is 9.47. The number of halogens is 1. The molecule has 20 heavy (non-hydrogen) atoms. The zero-order valence-electron chi connectivity index (χ0n) is 11.4. The third kappa shape index (κ3) is 3.21. The second kappa shape index (κ2) is 5.83. The Balaban J connectivity index is 2.23. The average Bonchev–Trinajstić information content (AvgIpc) is 2.71. The van der Waals surface area contributed by atoms with Crippen molar-refractivity contribution in [3.8, 4) is 0 Å². The third-order valence-corrected chi connectivity index (χ3v) is 2.90. The molecule has 1 aromatic heterocycles. The number of aryl methyl sites for hydroxylation is 1. The summed E-state index contributed by atoms with van der Waals surface area (Å²) in [6, 6.07) is 5.66. The number of hydrogen-bond donors (Lipinski definition) is 2. The molecular weight excluding hydrogens is 259 g/mol. The van der Waals surface area contributed by atoms with Crippen molar-refractivity contribution in [2.24, 2.45) is 5.73 Å². The molecule has 0 spiro atoms. The van der Waals surface area contributed by atoms with Crippen LogP contribution in [0.3, 0.4) is 0 Å². The Morgan fingerprint density at radius 2 is 2.30 bits per heavy atom. The molecule has 1 heterocycles. The SMILES string of the molecule is Cc1cnn(Cc2cccc(F)c2)c1NC(=O)[C@@H](C)N. The molecule has 0 fully saturated rings. The van der Waals surface area contributed by atoms with Crippen LogP contribution in [-0.4, -0.2) is 21.7 Å². The molecule has 0 aliphatic rings. The van der Waals surface area contributed by atoms with E-state index in [0.717, 1.165) is 11.1 Å². The Morgan fingerprint density at radius 3 is 2.95 bits per heavy atom. The summed E-state index contributed by atoms with van der Waals surface area (Å²) < 4.78 is 14.8. The van der Waals surface area contributed by atoms with Crippen LogP contribution in [0, 0.1) is 12.7 Å². The Labute approximate surface area is 116 Å². The normalized spacial score (nSPS) is 12.2. The number of amides is 1. The molecule has 106 valence electrons. The summed E-state index contributed by atoms with van der Waals surface area (Å²) in [5, 5.41) is 6.93. The monoisotopic (exact) mass is 276 g/mol. The highest BCUT2D eigenvalue weighted by atomic mass is 19.1. The fraction of sp³-hybridized carbons (Fsp3) is 0.286. The molecule has 0 saturated heterocycles. The van der Waals surface area contributed by atoms with Crippen LogP contribution in [0.2, 0.25) is 0 Å². The highest BCUT2D eigenvalue weighted by Gasteiger charge is 2.14. The zero-order chi connectivity index (χ0) is 14.7. The smallest absolute Gasteiger partial charge is 0.242 e. The lowest BCUT2D eigenvalue weighted by Gasteiger charge is -2.12. The van der Waals surface area contributed by atoms with E-state index < -0.39 is 6.04 Å². The minimum absolute atomic E-state index is 0.283. The number of nitrogens with one attached hydrogen (secondary N) is 1. The average molecular weight is 276 g/mol. The van der Waals surface area contributed by atoms with E-state index in [1.807, 2.05) is 6.92 Å². The molecule has 0 radical (unpaired) electrons. The maximum Gasteiger partial charge on any atom is 0.242 e. The van der Waals surface area contributed by atoms with Gasteiger partial charge in [-0.2, -0.15) is 5.10 Å². The van der Waals surface area contributed by atoms with E-state index in [0.29, 0.717) is 12.4 Å². The zero-order valence-corrected chi connectivity index (χ0v) is 11.4. The second-order valence-electron chi connectivity index (χ2n) is 4.74. The van der Waals surface area contributed by atoms with Gasteiger partial charge in [-0.05, 0) is 31.5 Å². The summed E-state index contributed by atoms with van der Waals surface area (Å²) >= 11 is 0. The molecule has 0 bridgehead atoms. The molecule has 0 unspecified atom stereocenters. The second-order valence-corrected chi connectivity index (χ2v) is 4.74. The van der Waals surface area contributed by atoms with Crippen LogP contribution in [0.25, 0.3) is 0 Å². The number of nitrogens with two attached hydrogens (primary N) is 1. The molecule has 5 nitrogen and oxygen atoms in total. The van der Waals surface area contributed by atoms with Crippen LogP contribution >= 0.6 is 0 Å². The molecule has 0 aliphatic carbocycles. The molecule has 6 heteroatoms. The van der Waals surface area contributed by atoms with Crippen molar-refractivity contribution in [3.63, 3.8) is 0 Å². The van der Waals surface area contributed by atoms with Gasteiger partial charge in [0, 0.05) is 5.56 Å². The van der Waals surface area contributed by atoms with Gasteiger partial charge in [0.25, 0.3) is 0 Å². The molecule has 1 amide bonds. The van der Waals surface area contributed by atoms with Gasteiger partial charge in [-0.3, -0.25) is 4.79 Å². The Kier molecular flexibility index (Phi) is 4.14. The molecule has 1 atom stereocenters. The fourth-order valence-electron chi connectivity index (χ4n) is 1.80. The van der Waals surface area contributed by atoms with Crippen molar-refractivity contribution >= 4 is 11.7 Å². The molecule has 2 aromatic rings. The minimum atomic E-state index is -0.605. The number of carbonyl (C=O) groups excluding carboxylic acids is 1. The van der Waals surface area contributed by atoms with E-state index in [-0.39, 0.29) is 11.7 Å². The van der Waals surface area contributed by atoms with Crippen LogP contribution in [0.5, 0.6) is 0 Å². The first-order valence-corrected chi connectivity index (χ1v) is 6.30. The number of hydrogen-bond acceptors (Lipinski definition) is 3. The van der Waals surface area contributed by atoms with Crippen LogP contribution < -0.4 is 11.1 Å². The lowest BCUT2D eigenvalue weighted by molar-refractivity contribution is -0.117. The van der Waals surface area contributed by atoms with Gasteiger partial charge in [-0.15, -0.1) is 0 Å². The van der Waals surface area contributed by atoms with Gasteiger partial charge in [-0.25, -0.2) is 9.07 Å². The Bertz CT molecular complexity index is 621. The molecule has 0 aliphatic heterocycles. The largest absolute Gasteiger partial charge is 0.320 e. The fourth-order valence-corrected chi connectivity index (χ4v) is 1.80. The van der Waals surface area contributed by atoms with Crippen molar-refractivity contribution in [2.45, 2.75) is 26.4 Å². The van der Waals surface area contributed by atoms with E-state index >= 15 is 0 Å². The Hall–Kier alpha value is -2.21. The predicted octanol–water partition coefficient (Wildman–Crippen LogP) is 1.66. The van der Waals surface area contributed by atoms with E-state index in [4.69, 9.17) is 5.73 Å². The summed E-state index contributed by atoms with van der Waals surface area (Å²) in [7, 11) is 0. The van der Waals surface area contributed by atoms with Crippen LogP contribution in [0.1, 0.15) is 18.1 Å². The van der Waals surface area contributed by atoms with Gasteiger partial charge >= 0.3 is 0 Å². The van der Waals surface area contributed by atoms with E-state index in [1.165, 1.54) is 12.1 Å². The highest BCUT2D eigenvalue weighted by Crippen LogP contribution is 2.16. The van der Waals surface area contributed by atoms with Crippen LogP contribution in [-0.2, 0) is 11.3 Å². The first kappa shape index (κ1) is 14.2. The molecule has 1 aromatic carbocycles. The maximum atomic E-state index is 13.2. The number of benzene rings is 1. The van der Waals surface area contributed by atoms with Crippen molar-refractivity contribution in [1.82, 2.24) is 9.78 Å². The summed E-state index contributed by atoms with van der Waals surface area (Å²) in [6.07, 6.45) is 1.65. The summed E-state index contributed by atoms with van der Waals surface area (Å²) in [4.78, 5) is 11.7. The van der Waals surface area contributed by atoms with Crippen LogP contribution in [0.15, 0.2) is 30.5 Å². The lowest BCUT2D eigenvalue weighted by atomic mass is 10.2.